The quantitative estimate of drug-likeness (QED) is 0.833. The van der Waals surface area contributed by atoms with E-state index in [0.717, 1.165) is 28.3 Å². The Balaban J connectivity index is 1.61. The maximum Gasteiger partial charge on any atom is 0.315 e. The predicted molar refractivity (Wildman–Crippen MR) is 100 cm³/mol. The van der Waals surface area contributed by atoms with Crippen molar-refractivity contribution in [2.24, 2.45) is 0 Å². The van der Waals surface area contributed by atoms with Crippen LogP contribution in [-0.4, -0.2) is 30.8 Å². The van der Waals surface area contributed by atoms with Crippen LogP contribution in [-0.2, 0) is 16.7 Å². The Morgan fingerprint density at radius 2 is 2.16 bits per heavy atom. The van der Waals surface area contributed by atoms with E-state index in [-0.39, 0.29) is 11.4 Å². The summed E-state index contributed by atoms with van der Waals surface area (Å²) in [4.78, 5) is 17.4. The second-order valence-electron chi connectivity index (χ2n) is 6.28. The lowest BCUT2D eigenvalue weighted by atomic mass is 9.74. The van der Waals surface area contributed by atoms with E-state index < -0.39 is 0 Å². The number of amides is 2. The first-order valence-electron chi connectivity index (χ1n) is 8.34. The molecule has 5 nitrogen and oxygen atoms in total. The van der Waals surface area contributed by atoms with Gasteiger partial charge < -0.3 is 15.4 Å². The number of halogens is 1. The van der Waals surface area contributed by atoms with Crippen molar-refractivity contribution in [1.82, 2.24) is 15.6 Å². The summed E-state index contributed by atoms with van der Waals surface area (Å²) in [6, 6.07) is 7.73. The zero-order chi connectivity index (χ0) is 17.7. The molecule has 1 saturated heterocycles. The minimum atomic E-state index is -0.168. The second-order valence-corrected chi connectivity index (χ2v) is 8.04. The average Bonchev–Trinajstić information content (AvgIpc) is 3.04. The van der Waals surface area contributed by atoms with Crippen molar-refractivity contribution < 1.29 is 9.53 Å². The molecule has 1 fully saturated rings. The molecule has 3 rings (SSSR count). The molecule has 0 spiro atoms. The summed E-state index contributed by atoms with van der Waals surface area (Å²) >= 11 is 7.76. The molecule has 1 aliphatic heterocycles. The highest BCUT2D eigenvalue weighted by atomic mass is 35.5. The van der Waals surface area contributed by atoms with Crippen LogP contribution in [0.3, 0.4) is 0 Å². The lowest BCUT2D eigenvalue weighted by Crippen LogP contribution is -2.47. The highest BCUT2D eigenvalue weighted by molar-refractivity contribution is 7.11. The molecule has 2 aromatic rings. The third-order valence-corrected chi connectivity index (χ3v) is 5.71. The molecule has 134 valence electrons. The van der Waals surface area contributed by atoms with Crippen LogP contribution in [0.25, 0.3) is 0 Å². The van der Waals surface area contributed by atoms with Crippen molar-refractivity contribution in [3.63, 3.8) is 0 Å². The topological polar surface area (TPSA) is 63.2 Å². The molecule has 1 aromatic carbocycles. The van der Waals surface area contributed by atoms with Gasteiger partial charge in [0.15, 0.2) is 0 Å². The summed E-state index contributed by atoms with van der Waals surface area (Å²) in [6.07, 6.45) is 3.52. The average molecular weight is 380 g/mol. The molecule has 1 aromatic heterocycles. The van der Waals surface area contributed by atoms with E-state index in [4.69, 9.17) is 16.3 Å². The number of nitrogens with one attached hydrogen (secondary N) is 2. The number of hydrogen-bond acceptors (Lipinski definition) is 4. The lowest BCUT2D eigenvalue weighted by molar-refractivity contribution is 0.0507. The number of thiazole rings is 1. The summed E-state index contributed by atoms with van der Waals surface area (Å²) in [5.41, 5.74) is 1.02. The Bertz CT molecular complexity index is 729. The fourth-order valence-electron chi connectivity index (χ4n) is 3.11. The first-order valence-corrected chi connectivity index (χ1v) is 9.54. The van der Waals surface area contributed by atoms with E-state index in [1.54, 1.807) is 17.5 Å². The minimum absolute atomic E-state index is 0.137. The van der Waals surface area contributed by atoms with Crippen LogP contribution in [0.5, 0.6) is 0 Å². The Kier molecular flexibility index (Phi) is 5.93. The van der Waals surface area contributed by atoms with Gasteiger partial charge in [0.25, 0.3) is 0 Å². The molecule has 0 saturated carbocycles. The molecule has 2 N–H and O–H groups in total. The summed E-state index contributed by atoms with van der Waals surface area (Å²) in [5.74, 6) is 0. The number of aryl methyl sites for hydroxylation is 1. The van der Waals surface area contributed by atoms with Crippen LogP contribution in [0.1, 0.15) is 28.3 Å². The molecule has 0 bridgehead atoms. The van der Waals surface area contributed by atoms with Crippen LogP contribution in [0, 0.1) is 6.92 Å². The van der Waals surface area contributed by atoms with Gasteiger partial charge in [0.1, 0.15) is 0 Å². The van der Waals surface area contributed by atoms with E-state index in [1.165, 1.54) is 0 Å². The number of carbonyl (C=O) groups excluding carboxylic acids is 1. The minimum Gasteiger partial charge on any atom is -0.381 e. The molecule has 0 aliphatic carbocycles. The van der Waals surface area contributed by atoms with Crippen molar-refractivity contribution in [2.45, 2.75) is 31.7 Å². The van der Waals surface area contributed by atoms with Gasteiger partial charge in [0.2, 0.25) is 0 Å². The van der Waals surface area contributed by atoms with E-state index >= 15 is 0 Å². The Morgan fingerprint density at radius 1 is 1.36 bits per heavy atom. The number of ether oxygens (including phenoxy) is 1. The van der Waals surface area contributed by atoms with Crippen molar-refractivity contribution in [1.29, 1.82) is 0 Å². The fourth-order valence-corrected chi connectivity index (χ4v) is 4.04. The number of carbonyl (C=O) groups is 1. The number of benzene rings is 1. The molecule has 2 heterocycles. The summed E-state index contributed by atoms with van der Waals surface area (Å²) in [6.45, 7) is 4.38. The molecule has 0 atom stereocenters. The predicted octanol–water partition coefficient (Wildman–Crippen LogP) is 3.65. The molecule has 25 heavy (non-hydrogen) atoms. The highest BCUT2D eigenvalue weighted by Gasteiger charge is 2.35. The van der Waals surface area contributed by atoms with E-state index in [2.05, 4.69) is 21.7 Å². The molecule has 7 heteroatoms. The Morgan fingerprint density at radius 3 is 2.84 bits per heavy atom. The van der Waals surface area contributed by atoms with Crippen molar-refractivity contribution >= 4 is 29.0 Å². The van der Waals surface area contributed by atoms with Crippen LogP contribution in [0.15, 0.2) is 30.5 Å². The molecular formula is C18H22ClN3O2S. The van der Waals surface area contributed by atoms with Gasteiger partial charge in [-0.1, -0.05) is 23.7 Å². The standard InChI is InChI=1S/C18H22ClN3O2S/c1-13-20-10-16(25-13)11-21-17(23)22-12-18(5-7-24-8-6-18)14-3-2-4-15(19)9-14/h2-4,9-10H,5-8,11-12H2,1H3,(H2,21,22,23). The highest BCUT2D eigenvalue weighted by Crippen LogP contribution is 2.35. The van der Waals surface area contributed by atoms with Gasteiger partial charge in [-0.05, 0) is 37.5 Å². The van der Waals surface area contributed by atoms with Gasteiger partial charge >= 0.3 is 6.03 Å². The van der Waals surface area contributed by atoms with E-state index in [9.17, 15) is 4.79 Å². The maximum absolute atomic E-state index is 12.2. The van der Waals surface area contributed by atoms with Crippen LogP contribution >= 0.6 is 22.9 Å². The fraction of sp³-hybridized carbons (Fsp3) is 0.444. The van der Waals surface area contributed by atoms with Crippen molar-refractivity contribution in [2.75, 3.05) is 19.8 Å². The summed E-state index contributed by atoms with van der Waals surface area (Å²) in [7, 11) is 0. The van der Waals surface area contributed by atoms with Crippen LogP contribution in [0.2, 0.25) is 5.02 Å². The number of nitrogens with zero attached hydrogens (tertiary/aromatic N) is 1. The third-order valence-electron chi connectivity index (χ3n) is 4.57. The molecule has 1 aliphatic rings. The monoisotopic (exact) mass is 379 g/mol. The largest absolute Gasteiger partial charge is 0.381 e. The Labute approximate surface area is 156 Å². The second kappa shape index (κ2) is 8.17. The Hall–Kier alpha value is -1.63. The van der Waals surface area contributed by atoms with Gasteiger partial charge in [-0.3, -0.25) is 0 Å². The summed E-state index contributed by atoms with van der Waals surface area (Å²) < 4.78 is 5.52. The van der Waals surface area contributed by atoms with Gasteiger partial charge in [-0.2, -0.15) is 0 Å². The zero-order valence-electron chi connectivity index (χ0n) is 14.2. The van der Waals surface area contributed by atoms with Crippen LogP contribution in [0.4, 0.5) is 4.79 Å². The number of aromatic nitrogens is 1. The van der Waals surface area contributed by atoms with Gasteiger partial charge in [-0.15, -0.1) is 11.3 Å². The third kappa shape index (κ3) is 4.71. The van der Waals surface area contributed by atoms with E-state index in [0.29, 0.717) is 31.3 Å². The van der Waals surface area contributed by atoms with Gasteiger partial charge in [0.05, 0.1) is 11.6 Å². The molecule has 0 unspecified atom stereocenters. The smallest absolute Gasteiger partial charge is 0.315 e. The molecule has 2 amide bonds. The van der Waals surface area contributed by atoms with Crippen molar-refractivity contribution in [3.8, 4) is 0 Å². The van der Waals surface area contributed by atoms with Crippen molar-refractivity contribution in [3.05, 3.63) is 50.9 Å². The normalized spacial score (nSPS) is 16.4. The first kappa shape index (κ1) is 18.2. The SMILES string of the molecule is Cc1ncc(CNC(=O)NCC2(c3cccc(Cl)c3)CCOCC2)s1. The maximum atomic E-state index is 12.2. The van der Waals surface area contributed by atoms with Gasteiger partial charge in [0, 0.05) is 41.3 Å². The zero-order valence-corrected chi connectivity index (χ0v) is 15.8. The number of rotatable bonds is 5. The van der Waals surface area contributed by atoms with Gasteiger partial charge in [-0.25, -0.2) is 9.78 Å². The first-order chi connectivity index (χ1) is 12.1. The van der Waals surface area contributed by atoms with E-state index in [1.807, 2.05) is 25.1 Å². The molecular weight excluding hydrogens is 358 g/mol. The molecule has 0 radical (unpaired) electrons. The van der Waals surface area contributed by atoms with Crippen LogP contribution < -0.4 is 10.6 Å². The number of hydrogen-bond donors (Lipinski definition) is 2. The lowest BCUT2D eigenvalue weighted by Gasteiger charge is -2.38. The summed E-state index contributed by atoms with van der Waals surface area (Å²) in [5, 5.41) is 7.63. The number of urea groups is 1.